The van der Waals surface area contributed by atoms with E-state index < -0.39 is 5.79 Å². The van der Waals surface area contributed by atoms with Gasteiger partial charge in [-0.05, 0) is 72.0 Å². The minimum Gasteiger partial charge on any atom is -0.496 e. The molecule has 0 bridgehead atoms. The lowest BCUT2D eigenvalue weighted by molar-refractivity contribution is -0.164. The van der Waals surface area contributed by atoms with E-state index in [0.29, 0.717) is 13.2 Å². The fourth-order valence-corrected chi connectivity index (χ4v) is 4.78. The van der Waals surface area contributed by atoms with E-state index in [1.165, 1.54) is 0 Å². The normalized spacial score (nSPS) is 23.3. The van der Waals surface area contributed by atoms with Gasteiger partial charge in [-0.15, -0.1) is 0 Å². The maximum Gasteiger partial charge on any atom is 0.219 e. The third-order valence-electron chi connectivity index (χ3n) is 5.98. The standard InChI is InChI=1S/C24H29IN2O5/c1-17(28)26-10-12-27(13-11-26)19-5-7-20(8-6-19)30-15-21-16-31-24(2,32-21)18-4-9-23(29-3)22(25)14-18/h4-9,14,21H,10-13,15-16H2,1-3H3/t21-,24+/m1/s1. The van der Waals surface area contributed by atoms with Crippen LogP contribution in [0.2, 0.25) is 0 Å². The molecule has 2 atom stereocenters. The summed E-state index contributed by atoms with van der Waals surface area (Å²) in [6, 6.07) is 14.0. The third kappa shape index (κ3) is 5.13. The molecular weight excluding hydrogens is 523 g/mol. The highest BCUT2D eigenvalue weighted by molar-refractivity contribution is 14.1. The summed E-state index contributed by atoms with van der Waals surface area (Å²) >= 11 is 2.25. The van der Waals surface area contributed by atoms with E-state index in [2.05, 4.69) is 39.6 Å². The number of anilines is 1. The summed E-state index contributed by atoms with van der Waals surface area (Å²) in [6.07, 6.45) is -0.154. The van der Waals surface area contributed by atoms with Gasteiger partial charge in [0.1, 0.15) is 24.2 Å². The van der Waals surface area contributed by atoms with Crippen molar-refractivity contribution in [2.24, 2.45) is 0 Å². The average Bonchev–Trinajstić information content (AvgIpc) is 3.20. The van der Waals surface area contributed by atoms with Crippen LogP contribution in [0.1, 0.15) is 19.4 Å². The van der Waals surface area contributed by atoms with Crippen molar-refractivity contribution in [3.63, 3.8) is 0 Å². The number of hydrogen-bond donors (Lipinski definition) is 0. The van der Waals surface area contributed by atoms with Gasteiger partial charge in [-0.25, -0.2) is 0 Å². The summed E-state index contributed by atoms with van der Waals surface area (Å²) in [5.74, 6) is 0.975. The Morgan fingerprint density at radius 2 is 1.88 bits per heavy atom. The van der Waals surface area contributed by atoms with Gasteiger partial charge >= 0.3 is 0 Å². The second kappa shape index (κ2) is 9.84. The lowest BCUT2D eigenvalue weighted by Gasteiger charge is -2.35. The van der Waals surface area contributed by atoms with Gasteiger partial charge in [0.15, 0.2) is 5.79 Å². The number of methoxy groups -OCH3 is 1. The number of amides is 1. The predicted molar refractivity (Wildman–Crippen MR) is 130 cm³/mol. The van der Waals surface area contributed by atoms with Crippen LogP contribution in [0.25, 0.3) is 0 Å². The van der Waals surface area contributed by atoms with Crippen molar-refractivity contribution in [2.45, 2.75) is 25.7 Å². The van der Waals surface area contributed by atoms with Crippen LogP contribution < -0.4 is 14.4 Å². The molecule has 2 saturated heterocycles. The van der Waals surface area contributed by atoms with Gasteiger partial charge < -0.3 is 28.7 Å². The number of carbonyl (C=O) groups excluding carboxylic acids is 1. The first-order valence-corrected chi connectivity index (χ1v) is 11.8. The number of ether oxygens (including phenoxy) is 4. The first-order chi connectivity index (χ1) is 15.4. The van der Waals surface area contributed by atoms with Crippen molar-refractivity contribution < 1.29 is 23.7 Å². The molecule has 8 heteroatoms. The predicted octanol–water partition coefficient (Wildman–Crippen LogP) is 3.64. The summed E-state index contributed by atoms with van der Waals surface area (Å²) in [7, 11) is 1.66. The zero-order valence-corrected chi connectivity index (χ0v) is 20.8. The molecule has 0 radical (unpaired) electrons. The first kappa shape index (κ1) is 23.1. The summed E-state index contributed by atoms with van der Waals surface area (Å²) in [6.45, 7) is 7.66. The maximum absolute atomic E-state index is 11.5. The van der Waals surface area contributed by atoms with Crippen molar-refractivity contribution in [3.05, 3.63) is 51.6 Å². The lowest BCUT2D eigenvalue weighted by atomic mass is 10.1. The van der Waals surface area contributed by atoms with Crippen molar-refractivity contribution in [1.82, 2.24) is 4.90 Å². The van der Waals surface area contributed by atoms with Crippen LogP contribution in [0.15, 0.2) is 42.5 Å². The number of rotatable bonds is 6. The van der Waals surface area contributed by atoms with Crippen molar-refractivity contribution in [1.29, 1.82) is 0 Å². The lowest BCUT2D eigenvalue weighted by Crippen LogP contribution is -2.48. The molecule has 2 fully saturated rings. The highest BCUT2D eigenvalue weighted by atomic mass is 127. The highest BCUT2D eigenvalue weighted by Crippen LogP contribution is 2.36. The van der Waals surface area contributed by atoms with Gasteiger partial charge in [-0.1, -0.05) is 0 Å². The van der Waals surface area contributed by atoms with E-state index in [-0.39, 0.29) is 12.0 Å². The van der Waals surface area contributed by atoms with Crippen LogP contribution in [0, 0.1) is 3.57 Å². The van der Waals surface area contributed by atoms with E-state index in [1.54, 1.807) is 14.0 Å². The van der Waals surface area contributed by atoms with Gasteiger partial charge in [0.2, 0.25) is 5.91 Å². The van der Waals surface area contributed by atoms with Crippen LogP contribution in [0.3, 0.4) is 0 Å². The van der Waals surface area contributed by atoms with Gasteiger partial charge in [0.05, 0.1) is 17.3 Å². The van der Waals surface area contributed by atoms with E-state index in [4.69, 9.17) is 18.9 Å². The molecule has 2 aromatic rings. The van der Waals surface area contributed by atoms with E-state index in [0.717, 1.165) is 52.5 Å². The molecule has 32 heavy (non-hydrogen) atoms. The third-order valence-corrected chi connectivity index (χ3v) is 6.82. The van der Waals surface area contributed by atoms with Crippen LogP contribution in [-0.4, -0.2) is 63.4 Å². The Bertz CT molecular complexity index is 946. The number of nitrogens with zero attached hydrogens (tertiary/aromatic N) is 2. The number of piperazine rings is 1. The number of benzene rings is 2. The Morgan fingerprint density at radius 3 is 2.50 bits per heavy atom. The fourth-order valence-electron chi connectivity index (χ4n) is 4.04. The summed E-state index contributed by atoms with van der Waals surface area (Å²) in [5, 5.41) is 0. The van der Waals surface area contributed by atoms with Gasteiger partial charge in [-0.2, -0.15) is 0 Å². The Labute approximate surface area is 202 Å². The molecule has 2 heterocycles. The zero-order chi connectivity index (χ0) is 22.7. The molecule has 0 aliphatic carbocycles. The molecule has 0 unspecified atom stereocenters. The van der Waals surface area contributed by atoms with Crippen LogP contribution in [-0.2, 0) is 20.1 Å². The van der Waals surface area contributed by atoms with E-state index in [9.17, 15) is 4.79 Å². The van der Waals surface area contributed by atoms with E-state index in [1.807, 2.05) is 42.2 Å². The molecule has 2 aromatic carbocycles. The second-order valence-electron chi connectivity index (χ2n) is 8.14. The van der Waals surface area contributed by atoms with Crippen LogP contribution in [0.4, 0.5) is 5.69 Å². The smallest absolute Gasteiger partial charge is 0.219 e. The average molecular weight is 552 g/mol. The maximum atomic E-state index is 11.5. The molecule has 4 rings (SSSR count). The topological polar surface area (TPSA) is 60.5 Å². The van der Waals surface area contributed by atoms with Gasteiger partial charge in [0, 0.05) is 44.4 Å². The molecule has 7 nitrogen and oxygen atoms in total. The molecule has 0 spiro atoms. The largest absolute Gasteiger partial charge is 0.496 e. The Morgan fingerprint density at radius 1 is 1.16 bits per heavy atom. The fraction of sp³-hybridized carbons (Fsp3) is 0.458. The van der Waals surface area contributed by atoms with E-state index >= 15 is 0 Å². The monoisotopic (exact) mass is 552 g/mol. The van der Waals surface area contributed by atoms with Crippen LogP contribution >= 0.6 is 22.6 Å². The molecule has 0 saturated carbocycles. The molecular formula is C24H29IN2O5. The molecule has 1 amide bonds. The van der Waals surface area contributed by atoms with Crippen molar-refractivity contribution in [3.8, 4) is 11.5 Å². The highest BCUT2D eigenvalue weighted by Gasteiger charge is 2.39. The summed E-state index contributed by atoms with van der Waals surface area (Å²) in [5.41, 5.74) is 2.10. The number of hydrogen-bond acceptors (Lipinski definition) is 6. The first-order valence-electron chi connectivity index (χ1n) is 10.8. The summed E-state index contributed by atoms with van der Waals surface area (Å²) < 4.78 is 24.5. The number of halogens is 1. The quantitative estimate of drug-likeness (QED) is 0.511. The van der Waals surface area contributed by atoms with Crippen LogP contribution in [0.5, 0.6) is 11.5 Å². The zero-order valence-electron chi connectivity index (χ0n) is 18.7. The molecule has 2 aliphatic rings. The minimum absolute atomic E-state index is 0.143. The minimum atomic E-state index is -0.800. The Balaban J connectivity index is 1.29. The molecule has 2 aliphatic heterocycles. The van der Waals surface area contributed by atoms with Crippen molar-refractivity contribution in [2.75, 3.05) is 51.4 Å². The molecule has 0 N–H and O–H groups in total. The molecule has 0 aromatic heterocycles. The second-order valence-corrected chi connectivity index (χ2v) is 9.31. The van der Waals surface area contributed by atoms with Gasteiger partial charge in [-0.3, -0.25) is 4.79 Å². The Hall–Kier alpha value is -2.04. The molecule has 172 valence electrons. The van der Waals surface area contributed by atoms with Gasteiger partial charge in [0.25, 0.3) is 0 Å². The Kier molecular flexibility index (Phi) is 7.11. The number of carbonyl (C=O) groups is 1. The SMILES string of the molecule is COc1ccc([C@@]2(C)OC[C@@H](COc3ccc(N4CCN(C(C)=O)CC4)cc3)O2)cc1I. The van der Waals surface area contributed by atoms with Crippen molar-refractivity contribution >= 4 is 34.2 Å². The summed E-state index contributed by atoms with van der Waals surface area (Å²) in [4.78, 5) is 15.7.